The minimum atomic E-state index is -0.591. The molecule has 21 heavy (non-hydrogen) atoms. The zero-order valence-electron chi connectivity index (χ0n) is 11.9. The molecule has 0 bridgehead atoms. The van der Waals surface area contributed by atoms with E-state index < -0.39 is 4.92 Å². The summed E-state index contributed by atoms with van der Waals surface area (Å²) >= 11 is 0. The molecule has 0 saturated carbocycles. The summed E-state index contributed by atoms with van der Waals surface area (Å²) in [6, 6.07) is 4.25. The van der Waals surface area contributed by atoms with Gasteiger partial charge in [-0.25, -0.2) is 0 Å². The van der Waals surface area contributed by atoms with Gasteiger partial charge in [-0.3, -0.25) is 14.9 Å². The first kappa shape index (κ1) is 15.2. The van der Waals surface area contributed by atoms with E-state index in [0.717, 1.165) is 12.8 Å². The van der Waals surface area contributed by atoms with Gasteiger partial charge in [-0.2, -0.15) is 0 Å². The Kier molecular flexibility index (Phi) is 4.42. The molecule has 1 aliphatic heterocycles. The lowest BCUT2D eigenvalue weighted by Crippen LogP contribution is -2.41. The van der Waals surface area contributed by atoms with Crippen LogP contribution in [0.15, 0.2) is 18.2 Å². The number of carbonyl (C=O) groups excluding carboxylic acids is 1. The number of nitrogen functional groups attached to an aromatic ring is 1. The van der Waals surface area contributed by atoms with Crippen LogP contribution in [0.5, 0.6) is 0 Å². The number of likely N-dealkylation sites (tertiary alicyclic amines) is 1. The van der Waals surface area contributed by atoms with Crippen molar-refractivity contribution in [1.29, 1.82) is 0 Å². The van der Waals surface area contributed by atoms with E-state index in [1.54, 1.807) is 11.8 Å². The van der Waals surface area contributed by atoms with Crippen LogP contribution < -0.4 is 5.73 Å². The lowest BCUT2D eigenvalue weighted by atomic mass is 9.92. The molecule has 0 aliphatic carbocycles. The van der Waals surface area contributed by atoms with Gasteiger partial charge in [-0.05, 0) is 31.7 Å². The van der Waals surface area contributed by atoms with E-state index in [0.29, 0.717) is 13.1 Å². The quantitative estimate of drug-likeness (QED) is 0.497. The largest absolute Gasteiger partial charge is 0.393 e. The van der Waals surface area contributed by atoms with Gasteiger partial charge in [0.25, 0.3) is 11.6 Å². The maximum Gasteiger partial charge on any atom is 0.292 e. The lowest BCUT2D eigenvalue weighted by Gasteiger charge is -2.33. The Hall–Kier alpha value is -2.15. The summed E-state index contributed by atoms with van der Waals surface area (Å²) in [7, 11) is 0. The van der Waals surface area contributed by atoms with Crippen LogP contribution in [0.3, 0.4) is 0 Å². The van der Waals surface area contributed by atoms with Crippen molar-refractivity contribution in [3.8, 4) is 0 Å². The first-order valence-corrected chi connectivity index (χ1v) is 6.92. The topological polar surface area (TPSA) is 110 Å². The number of para-hydroxylation sites is 1. The number of hydrogen-bond donors (Lipinski definition) is 2. The van der Waals surface area contributed by atoms with Crippen LogP contribution in [0.1, 0.15) is 30.1 Å². The van der Waals surface area contributed by atoms with E-state index in [1.165, 1.54) is 18.2 Å². The number of piperidine rings is 1. The predicted molar refractivity (Wildman–Crippen MR) is 77.8 cm³/mol. The number of hydrogen-bond acceptors (Lipinski definition) is 5. The lowest BCUT2D eigenvalue weighted by molar-refractivity contribution is -0.383. The fourth-order valence-corrected chi connectivity index (χ4v) is 2.65. The molecule has 7 heteroatoms. The number of anilines is 1. The van der Waals surface area contributed by atoms with Crippen LogP contribution in [0.4, 0.5) is 11.4 Å². The first-order chi connectivity index (χ1) is 9.91. The number of rotatable bonds is 3. The molecule has 1 amide bonds. The maximum atomic E-state index is 12.4. The van der Waals surface area contributed by atoms with Crippen molar-refractivity contribution in [2.45, 2.75) is 25.9 Å². The summed E-state index contributed by atoms with van der Waals surface area (Å²) in [4.78, 5) is 24.3. The fraction of sp³-hybridized carbons (Fsp3) is 0.500. The van der Waals surface area contributed by atoms with Crippen molar-refractivity contribution in [3.05, 3.63) is 33.9 Å². The number of amides is 1. The molecule has 0 spiro atoms. The van der Waals surface area contributed by atoms with Crippen molar-refractivity contribution in [2.24, 2.45) is 5.92 Å². The van der Waals surface area contributed by atoms with E-state index in [4.69, 9.17) is 5.73 Å². The molecule has 7 nitrogen and oxygen atoms in total. The molecule has 1 aromatic carbocycles. The molecule has 1 heterocycles. The number of aliphatic hydroxyl groups excluding tert-OH is 1. The van der Waals surface area contributed by atoms with Crippen LogP contribution in [0.2, 0.25) is 0 Å². The van der Waals surface area contributed by atoms with Gasteiger partial charge < -0.3 is 15.7 Å². The fourth-order valence-electron chi connectivity index (χ4n) is 2.65. The van der Waals surface area contributed by atoms with E-state index in [-0.39, 0.29) is 34.9 Å². The van der Waals surface area contributed by atoms with Gasteiger partial charge in [-0.15, -0.1) is 0 Å². The predicted octanol–water partition coefficient (Wildman–Crippen LogP) is 1.41. The second-order valence-electron chi connectivity index (χ2n) is 5.37. The van der Waals surface area contributed by atoms with Crippen molar-refractivity contribution < 1.29 is 14.8 Å². The molecular formula is C14H19N3O4. The zero-order chi connectivity index (χ0) is 15.6. The van der Waals surface area contributed by atoms with E-state index >= 15 is 0 Å². The average molecular weight is 293 g/mol. The number of nitro benzene ring substituents is 1. The Morgan fingerprint density at radius 3 is 2.62 bits per heavy atom. The van der Waals surface area contributed by atoms with Gasteiger partial charge >= 0.3 is 0 Å². The van der Waals surface area contributed by atoms with Crippen LogP contribution in [0, 0.1) is 16.0 Å². The molecule has 2 rings (SSSR count). The number of nitro groups is 1. The molecular weight excluding hydrogens is 274 g/mol. The smallest absolute Gasteiger partial charge is 0.292 e. The van der Waals surface area contributed by atoms with E-state index in [2.05, 4.69) is 0 Å². The van der Waals surface area contributed by atoms with Crippen molar-refractivity contribution in [2.75, 3.05) is 18.8 Å². The molecule has 0 radical (unpaired) electrons. The third-order valence-electron chi connectivity index (χ3n) is 4.02. The molecule has 114 valence electrons. The number of carbonyl (C=O) groups is 1. The molecule has 3 N–H and O–H groups in total. The minimum absolute atomic E-state index is 0.0925. The molecule has 0 aromatic heterocycles. The van der Waals surface area contributed by atoms with Crippen molar-refractivity contribution in [1.82, 2.24) is 4.90 Å². The zero-order valence-corrected chi connectivity index (χ0v) is 11.9. The molecule has 1 atom stereocenters. The van der Waals surface area contributed by atoms with Gasteiger partial charge in [0.15, 0.2) is 0 Å². The van der Waals surface area contributed by atoms with Crippen molar-refractivity contribution in [3.63, 3.8) is 0 Å². The van der Waals surface area contributed by atoms with Crippen LogP contribution in [-0.2, 0) is 0 Å². The van der Waals surface area contributed by atoms with Gasteiger partial charge in [0, 0.05) is 19.2 Å². The Morgan fingerprint density at radius 2 is 2.10 bits per heavy atom. The average Bonchev–Trinajstić information content (AvgIpc) is 2.46. The summed E-state index contributed by atoms with van der Waals surface area (Å²) in [5.74, 6) is -0.100. The Bertz CT molecular complexity index is 551. The highest BCUT2D eigenvalue weighted by Crippen LogP contribution is 2.28. The third-order valence-corrected chi connectivity index (χ3v) is 4.02. The summed E-state index contributed by atoms with van der Waals surface area (Å²) in [6.07, 6.45) is 1.06. The summed E-state index contributed by atoms with van der Waals surface area (Å²) in [5, 5.41) is 20.4. The van der Waals surface area contributed by atoms with Crippen LogP contribution in [0.25, 0.3) is 0 Å². The maximum absolute atomic E-state index is 12.4. The summed E-state index contributed by atoms with van der Waals surface area (Å²) in [6.45, 7) is 2.80. The second-order valence-corrected chi connectivity index (χ2v) is 5.37. The molecule has 1 aromatic rings. The molecule has 1 unspecified atom stereocenters. The Morgan fingerprint density at radius 1 is 1.48 bits per heavy atom. The second kappa shape index (κ2) is 6.09. The summed E-state index contributed by atoms with van der Waals surface area (Å²) in [5.41, 5.74) is 5.56. The van der Waals surface area contributed by atoms with E-state index in [9.17, 15) is 20.0 Å². The number of benzene rings is 1. The molecule has 1 fully saturated rings. The number of nitrogens with two attached hydrogens (primary N) is 1. The van der Waals surface area contributed by atoms with Gasteiger partial charge in [-0.1, -0.05) is 6.07 Å². The van der Waals surface area contributed by atoms with Crippen LogP contribution >= 0.6 is 0 Å². The Balaban J connectivity index is 2.15. The highest BCUT2D eigenvalue weighted by atomic mass is 16.6. The molecule has 1 saturated heterocycles. The highest BCUT2D eigenvalue weighted by Gasteiger charge is 2.28. The minimum Gasteiger partial charge on any atom is -0.393 e. The first-order valence-electron chi connectivity index (χ1n) is 6.92. The van der Waals surface area contributed by atoms with Gasteiger partial charge in [0.2, 0.25) is 0 Å². The standard InChI is InChI=1S/C14H19N3O4/c1-9(18)10-5-7-16(8-6-10)14(19)11-3-2-4-12(13(11)15)17(20)21/h2-4,9-10,18H,5-8,15H2,1H3. The molecule has 1 aliphatic rings. The Labute approximate surface area is 122 Å². The van der Waals surface area contributed by atoms with Crippen molar-refractivity contribution >= 4 is 17.3 Å². The number of aliphatic hydroxyl groups is 1. The highest BCUT2D eigenvalue weighted by molar-refractivity contribution is 6.01. The van der Waals surface area contributed by atoms with E-state index in [1.807, 2.05) is 0 Å². The number of nitrogens with zero attached hydrogens (tertiary/aromatic N) is 2. The third kappa shape index (κ3) is 3.13. The van der Waals surface area contributed by atoms with Crippen LogP contribution in [-0.4, -0.2) is 40.0 Å². The van der Waals surface area contributed by atoms with Gasteiger partial charge in [0.1, 0.15) is 5.69 Å². The normalized spacial score (nSPS) is 17.5. The SMILES string of the molecule is CC(O)C1CCN(C(=O)c2cccc([N+](=O)[O-])c2N)CC1. The van der Waals surface area contributed by atoms with Gasteiger partial charge in [0.05, 0.1) is 16.6 Å². The monoisotopic (exact) mass is 293 g/mol. The summed E-state index contributed by atoms with van der Waals surface area (Å²) < 4.78 is 0.